The van der Waals surface area contributed by atoms with Gasteiger partial charge in [0.25, 0.3) is 0 Å². The zero-order valence-corrected chi connectivity index (χ0v) is 11.4. The third-order valence-electron chi connectivity index (χ3n) is 3.11. The molecule has 0 aliphatic heterocycles. The highest BCUT2D eigenvalue weighted by Crippen LogP contribution is 2.20. The number of methoxy groups -OCH3 is 1. The smallest absolute Gasteiger partial charge is 0.0641 e. The van der Waals surface area contributed by atoms with E-state index in [-0.39, 0.29) is 0 Å². The van der Waals surface area contributed by atoms with Crippen LogP contribution in [0.25, 0.3) is 10.9 Å². The van der Waals surface area contributed by atoms with Gasteiger partial charge < -0.3 is 14.6 Å². The number of nitrogens with one attached hydrogen (secondary N) is 1. The topological polar surface area (TPSA) is 26.2 Å². The van der Waals surface area contributed by atoms with Crippen molar-refractivity contribution in [3.63, 3.8) is 0 Å². The van der Waals surface area contributed by atoms with Crippen molar-refractivity contribution in [2.75, 3.05) is 13.7 Å². The van der Waals surface area contributed by atoms with Crippen LogP contribution in [0.4, 0.5) is 0 Å². The Balaban J connectivity index is 2.29. The second-order valence-corrected chi connectivity index (χ2v) is 4.89. The molecule has 0 atom stereocenters. The standard InChI is InChI=1S/C15H22N2O/c1-12(2)16-11-14-6-4-5-13-7-8-17(15(13)14)9-10-18-3/h4-8,12,16H,9-11H2,1-3H3. The van der Waals surface area contributed by atoms with Crippen LogP contribution in [0.15, 0.2) is 30.5 Å². The Morgan fingerprint density at radius 3 is 2.83 bits per heavy atom. The number of fused-ring (bicyclic) bond motifs is 1. The van der Waals surface area contributed by atoms with Gasteiger partial charge in [-0.15, -0.1) is 0 Å². The summed E-state index contributed by atoms with van der Waals surface area (Å²) >= 11 is 0. The van der Waals surface area contributed by atoms with Gasteiger partial charge in [-0.3, -0.25) is 0 Å². The molecule has 0 bridgehead atoms. The number of hydrogen-bond acceptors (Lipinski definition) is 2. The first-order valence-electron chi connectivity index (χ1n) is 6.51. The van der Waals surface area contributed by atoms with E-state index >= 15 is 0 Å². The van der Waals surface area contributed by atoms with Crippen molar-refractivity contribution >= 4 is 10.9 Å². The SMILES string of the molecule is COCCn1ccc2cccc(CNC(C)C)c21. The van der Waals surface area contributed by atoms with E-state index in [2.05, 4.69) is 54.2 Å². The summed E-state index contributed by atoms with van der Waals surface area (Å²) in [6.45, 7) is 6.90. The number of benzene rings is 1. The summed E-state index contributed by atoms with van der Waals surface area (Å²) in [6, 6.07) is 9.16. The maximum atomic E-state index is 5.17. The highest BCUT2D eigenvalue weighted by molar-refractivity contribution is 5.83. The van der Waals surface area contributed by atoms with Crippen molar-refractivity contribution in [1.29, 1.82) is 0 Å². The van der Waals surface area contributed by atoms with E-state index in [4.69, 9.17) is 4.74 Å². The van der Waals surface area contributed by atoms with Gasteiger partial charge in [0.2, 0.25) is 0 Å². The molecule has 3 nitrogen and oxygen atoms in total. The molecule has 0 fully saturated rings. The van der Waals surface area contributed by atoms with Crippen LogP contribution in [0.3, 0.4) is 0 Å². The van der Waals surface area contributed by atoms with E-state index in [1.807, 2.05) is 0 Å². The summed E-state index contributed by atoms with van der Waals surface area (Å²) in [7, 11) is 1.74. The predicted octanol–water partition coefficient (Wildman–Crippen LogP) is 2.79. The molecular formula is C15H22N2O. The van der Waals surface area contributed by atoms with Crippen LogP contribution in [0.5, 0.6) is 0 Å². The van der Waals surface area contributed by atoms with E-state index in [9.17, 15) is 0 Å². The highest BCUT2D eigenvalue weighted by Gasteiger charge is 2.06. The zero-order chi connectivity index (χ0) is 13.0. The Kier molecular flexibility index (Phi) is 4.39. The molecule has 0 aliphatic rings. The lowest BCUT2D eigenvalue weighted by atomic mass is 10.1. The minimum Gasteiger partial charge on any atom is -0.383 e. The molecule has 0 amide bonds. The Bertz CT molecular complexity index is 502. The third kappa shape index (κ3) is 2.92. The number of aromatic nitrogens is 1. The fourth-order valence-electron chi connectivity index (χ4n) is 2.17. The average molecular weight is 246 g/mol. The van der Waals surface area contributed by atoms with Crippen LogP contribution in [0.2, 0.25) is 0 Å². The molecule has 0 radical (unpaired) electrons. The molecule has 2 rings (SSSR count). The van der Waals surface area contributed by atoms with Crippen molar-refractivity contribution in [3.8, 4) is 0 Å². The number of ether oxygens (including phenoxy) is 1. The molecule has 1 N–H and O–H groups in total. The van der Waals surface area contributed by atoms with E-state index in [1.54, 1.807) is 7.11 Å². The molecule has 0 saturated carbocycles. The van der Waals surface area contributed by atoms with Crippen LogP contribution < -0.4 is 5.32 Å². The van der Waals surface area contributed by atoms with Crippen LogP contribution in [0, 0.1) is 0 Å². The lowest BCUT2D eigenvalue weighted by molar-refractivity contribution is 0.188. The van der Waals surface area contributed by atoms with Crippen molar-refractivity contribution in [2.45, 2.75) is 33.0 Å². The van der Waals surface area contributed by atoms with E-state index < -0.39 is 0 Å². The second kappa shape index (κ2) is 6.03. The molecule has 0 spiro atoms. The van der Waals surface area contributed by atoms with Gasteiger partial charge >= 0.3 is 0 Å². The third-order valence-corrected chi connectivity index (χ3v) is 3.11. The number of para-hydroxylation sites is 1. The van der Waals surface area contributed by atoms with E-state index in [0.717, 1.165) is 19.7 Å². The highest BCUT2D eigenvalue weighted by atomic mass is 16.5. The number of nitrogens with zero attached hydrogens (tertiary/aromatic N) is 1. The Morgan fingerprint density at radius 1 is 1.28 bits per heavy atom. The quantitative estimate of drug-likeness (QED) is 0.848. The number of hydrogen-bond donors (Lipinski definition) is 1. The van der Waals surface area contributed by atoms with Crippen molar-refractivity contribution < 1.29 is 4.74 Å². The largest absolute Gasteiger partial charge is 0.383 e. The van der Waals surface area contributed by atoms with Gasteiger partial charge in [-0.1, -0.05) is 32.0 Å². The van der Waals surface area contributed by atoms with Crippen LogP contribution in [-0.4, -0.2) is 24.3 Å². The molecule has 1 heterocycles. The van der Waals surface area contributed by atoms with Gasteiger partial charge in [0, 0.05) is 32.4 Å². The molecule has 3 heteroatoms. The van der Waals surface area contributed by atoms with Crippen molar-refractivity contribution in [2.24, 2.45) is 0 Å². The molecule has 1 aromatic heterocycles. The van der Waals surface area contributed by atoms with Crippen LogP contribution >= 0.6 is 0 Å². The Morgan fingerprint density at radius 2 is 2.11 bits per heavy atom. The zero-order valence-electron chi connectivity index (χ0n) is 11.4. The van der Waals surface area contributed by atoms with Gasteiger partial charge in [0.15, 0.2) is 0 Å². The first-order chi connectivity index (χ1) is 8.72. The molecule has 0 saturated heterocycles. The van der Waals surface area contributed by atoms with Crippen molar-refractivity contribution in [3.05, 3.63) is 36.0 Å². The maximum Gasteiger partial charge on any atom is 0.0641 e. The first-order valence-corrected chi connectivity index (χ1v) is 6.51. The van der Waals surface area contributed by atoms with Gasteiger partial charge in [0.1, 0.15) is 0 Å². The minimum absolute atomic E-state index is 0.502. The molecule has 1 aromatic carbocycles. The summed E-state index contributed by atoms with van der Waals surface area (Å²) in [6.07, 6.45) is 2.14. The summed E-state index contributed by atoms with van der Waals surface area (Å²) in [4.78, 5) is 0. The van der Waals surface area contributed by atoms with E-state index in [1.165, 1.54) is 16.5 Å². The predicted molar refractivity (Wildman–Crippen MR) is 75.8 cm³/mol. The number of rotatable bonds is 6. The minimum atomic E-state index is 0.502. The van der Waals surface area contributed by atoms with E-state index in [0.29, 0.717) is 6.04 Å². The normalized spacial score (nSPS) is 11.6. The van der Waals surface area contributed by atoms with Crippen molar-refractivity contribution in [1.82, 2.24) is 9.88 Å². The second-order valence-electron chi connectivity index (χ2n) is 4.89. The lowest BCUT2D eigenvalue weighted by Crippen LogP contribution is -2.22. The Labute approximate surface area is 109 Å². The lowest BCUT2D eigenvalue weighted by Gasteiger charge is -2.12. The average Bonchev–Trinajstić information content (AvgIpc) is 2.77. The Hall–Kier alpha value is -1.32. The maximum absolute atomic E-state index is 5.17. The summed E-state index contributed by atoms with van der Waals surface area (Å²) in [5, 5.41) is 4.78. The molecule has 0 aliphatic carbocycles. The molecule has 2 aromatic rings. The monoisotopic (exact) mass is 246 g/mol. The molecular weight excluding hydrogens is 224 g/mol. The molecule has 0 unspecified atom stereocenters. The summed E-state index contributed by atoms with van der Waals surface area (Å²) in [5.74, 6) is 0. The fourth-order valence-corrected chi connectivity index (χ4v) is 2.17. The summed E-state index contributed by atoms with van der Waals surface area (Å²) < 4.78 is 7.44. The fraction of sp³-hybridized carbons (Fsp3) is 0.467. The molecule has 98 valence electrons. The van der Waals surface area contributed by atoms with Crippen LogP contribution in [-0.2, 0) is 17.8 Å². The molecule has 18 heavy (non-hydrogen) atoms. The van der Waals surface area contributed by atoms with Gasteiger partial charge in [-0.05, 0) is 17.0 Å². The summed E-state index contributed by atoms with van der Waals surface area (Å²) in [5.41, 5.74) is 2.67. The van der Waals surface area contributed by atoms with Gasteiger partial charge in [-0.25, -0.2) is 0 Å². The van der Waals surface area contributed by atoms with Crippen LogP contribution in [0.1, 0.15) is 19.4 Å². The first kappa shape index (κ1) is 13.1. The van der Waals surface area contributed by atoms with Gasteiger partial charge in [-0.2, -0.15) is 0 Å². The van der Waals surface area contributed by atoms with Gasteiger partial charge in [0.05, 0.1) is 12.1 Å².